The number of benzene rings is 1. The zero-order valence-electron chi connectivity index (χ0n) is 9.22. The molecule has 1 aromatic carbocycles. The Balaban J connectivity index is 2.28. The van der Waals surface area contributed by atoms with E-state index in [1.165, 1.54) is 0 Å². The SMILES string of the molecule is CCc1n[nH]c(=S)n1/N=C/c1ccc(Br)cc1. The first kappa shape index (κ1) is 12.2. The van der Waals surface area contributed by atoms with Crippen molar-refractivity contribution < 1.29 is 0 Å². The molecule has 1 aromatic heterocycles. The Morgan fingerprint density at radius 2 is 2.18 bits per heavy atom. The molecule has 17 heavy (non-hydrogen) atoms. The van der Waals surface area contributed by atoms with Crippen LogP contribution >= 0.6 is 28.1 Å². The fourth-order valence-corrected chi connectivity index (χ4v) is 1.81. The van der Waals surface area contributed by atoms with Crippen LogP contribution in [0.1, 0.15) is 18.3 Å². The monoisotopic (exact) mass is 310 g/mol. The van der Waals surface area contributed by atoms with Gasteiger partial charge in [-0.1, -0.05) is 35.0 Å². The van der Waals surface area contributed by atoms with Crippen molar-refractivity contribution in [3.05, 3.63) is 44.9 Å². The molecule has 88 valence electrons. The molecule has 0 unspecified atom stereocenters. The number of aryl methyl sites for hydroxylation is 1. The first-order chi connectivity index (χ1) is 8.20. The van der Waals surface area contributed by atoms with Crippen LogP contribution in [0.4, 0.5) is 0 Å². The number of hydrogen-bond acceptors (Lipinski definition) is 3. The molecule has 0 saturated heterocycles. The Kier molecular flexibility index (Phi) is 3.86. The minimum absolute atomic E-state index is 0.509. The van der Waals surface area contributed by atoms with Crippen LogP contribution in [0, 0.1) is 4.77 Å². The Morgan fingerprint density at radius 3 is 2.82 bits per heavy atom. The number of nitrogens with one attached hydrogen (secondary N) is 1. The lowest BCUT2D eigenvalue weighted by Crippen LogP contribution is -1.97. The van der Waals surface area contributed by atoms with E-state index >= 15 is 0 Å². The second-order valence-corrected chi connectivity index (χ2v) is 4.71. The molecule has 1 N–H and O–H groups in total. The van der Waals surface area contributed by atoms with E-state index in [2.05, 4.69) is 31.2 Å². The lowest BCUT2D eigenvalue weighted by Gasteiger charge is -1.97. The van der Waals surface area contributed by atoms with Crippen LogP contribution in [0.25, 0.3) is 0 Å². The van der Waals surface area contributed by atoms with Crippen LogP contribution in [0.2, 0.25) is 0 Å². The molecule has 1 heterocycles. The highest BCUT2D eigenvalue weighted by Crippen LogP contribution is 2.09. The van der Waals surface area contributed by atoms with E-state index in [4.69, 9.17) is 12.2 Å². The molecule has 0 atom stereocenters. The fraction of sp³-hybridized carbons (Fsp3) is 0.182. The Hall–Kier alpha value is -1.27. The van der Waals surface area contributed by atoms with E-state index in [-0.39, 0.29) is 0 Å². The normalized spacial score (nSPS) is 11.2. The van der Waals surface area contributed by atoms with E-state index in [1.54, 1.807) is 10.9 Å². The highest BCUT2D eigenvalue weighted by atomic mass is 79.9. The predicted octanol–water partition coefficient (Wildman–Crippen LogP) is 3.15. The van der Waals surface area contributed by atoms with Crippen molar-refractivity contribution in [2.45, 2.75) is 13.3 Å². The van der Waals surface area contributed by atoms with Gasteiger partial charge in [0.15, 0.2) is 5.82 Å². The van der Waals surface area contributed by atoms with Crippen LogP contribution in [0.3, 0.4) is 0 Å². The van der Waals surface area contributed by atoms with Crippen LogP contribution in [-0.2, 0) is 6.42 Å². The maximum atomic E-state index is 5.10. The van der Waals surface area contributed by atoms with Gasteiger partial charge >= 0.3 is 0 Å². The summed E-state index contributed by atoms with van der Waals surface area (Å²) < 4.78 is 3.19. The van der Waals surface area contributed by atoms with Gasteiger partial charge < -0.3 is 0 Å². The van der Waals surface area contributed by atoms with Crippen molar-refractivity contribution in [2.75, 3.05) is 0 Å². The Bertz CT molecular complexity index is 582. The number of nitrogens with zero attached hydrogens (tertiary/aromatic N) is 3. The third-order valence-corrected chi connectivity index (χ3v) is 3.02. The quantitative estimate of drug-likeness (QED) is 0.699. The topological polar surface area (TPSA) is 46.0 Å². The highest BCUT2D eigenvalue weighted by Gasteiger charge is 2.00. The maximum absolute atomic E-state index is 5.10. The third-order valence-electron chi connectivity index (χ3n) is 2.23. The Labute approximate surface area is 113 Å². The smallest absolute Gasteiger partial charge is 0.216 e. The fourth-order valence-electron chi connectivity index (χ4n) is 1.35. The van der Waals surface area contributed by atoms with Gasteiger partial charge in [-0.2, -0.15) is 14.9 Å². The number of aromatic amines is 1. The van der Waals surface area contributed by atoms with Crippen LogP contribution < -0.4 is 0 Å². The molecular weight excluding hydrogens is 300 g/mol. The summed E-state index contributed by atoms with van der Waals surface area (Å²) in [5.41, 5.74) is 1.01. The average Bonchev–Trinajstić information content (AvgIpc) is 2.69. The Morgan fingerprint density at radius 1 is 1.47 bits per heavy atom. The van der Waals surface area contributed by atoms with E-state index in [1.807, 2.05) is 31.2 Å². The summed E-state index contributed by atoms with van der Waals surface area (Å²) >= 11 is 8.49. The summed E-state index contributed by atoms with van der Waals surface area (Å²) in [4.78, 5) is 0. The standard InChI is InChI=1S/C11H11BrN4S/c1-2-10-14-15-11(17)16(10)13-7-8-3-5-9(12)6-4-8/h3-7H,2H2,1H3,(H,15,17)/b13-7+. The molecule has 2 aromatic rings. The van der Waals surface area contributed by atoms with E-state index in [9.17, 15) is 0 Å². The molecule has 0 spiro atoms. The second kappa shape index (κ2) is 5.37. The molecule has 0 bridgehead atoms. The van der Waals surface area contributed by atoms with Gasteiger partial charge in [-0.15, -0.1) is 0 Å². The predicted molar refractivity (Wildman–Crippen MR) is 73.9 cm³/mol. The van der Waals surface area contributed by atoms with Gasteiger partial charge in [0, 0.05) is 10.9 Å². The summed E-state index contributed by atoms with van der Waals surface area (Å²) in [5.74, 6) is 0.823. The van der Waals surface area contributed by atoms with Gasteiger partial charge in [-0.05, 0) is 29.9 Å². The van der Waals surface area contributed by atoms with Gasteiger partial charge in [-0.3, -0.25) is 5.10 Å². The summed E-state index contributed by atoms with van der Waals surface area (Å²) in [7, 11) is 0. The molecule has 4 nitrogen and oxygen atoms in total. The number of aromatic nitrogens is 3. The van der Waals surface area contributed by atoms with Crippen molar-refractivity contribution >= 4 is 34.4 Å². The van der Waals surface area contributed by atoms with Gasteiger partial charge in [0.25, 0.3) is 0 Å². The summed E-state index contributed by atoms with van der Waals surface area (Å²) in [5, 5.41) is 11.1. The molecule has 0 saturated carbocycles. The van der Waals surface area contributed by atoms with Crippen LogP contribution in [0.5, 0.6) is 0 Å². The van der Waals surface area contributed by atoms with Gasteiger partial charge in [0.1, 0.15) is 0 Å². The molecule has 6 heteroatoms. The van der Waals surface area contributed by atoms with Crippen molar-refractivity contribution in [3.63, 3.8) is 0 Å². The van der Waals surface area contributed by atoms with Crippen LogP contribution in [-0.4, -0.2) is 21.1 Å². The first-order valence-corrected chi connectivity index (χ1v) is 6.37. The molecule has 0 fully saturated rings. The zero-order valence-corrected chi connectivity index (χ0v) is 11.6. The van der Waals surface area contributed by atoms with Gasteiger partial charge in [-0.25, -0.2) is 0 Å². The molecule has 0 amide bonds. The second-order valence-electron chi connectivity index (χ2n) is 3.41. The first-order valence-electron chi connectivity index (χ1n) is 5.17. The number of H-pyrrole nitrogens is 1. The third kappa shape index (κ3) is 2.89. The zero-order chi connectivity index (χ0) is 12.3. The van der Waals surface area contributed by atoms with E-state index in [0.29, 0.717) is 4.77 Å². The average molecular weight is 311 g/mol. The number of rotatable bonds is 3. The summed E-state index contributed by atoms with van der Waals surface area (Å²) in [6.45, 7) is 2.01. The lowest BCUT2D eigenvalue weighted by molar-refractivity contribution is 0.780. The lowest BCUT2D eigenvalue weighted by atomic mass is 10.2. The summed E-state index contributed by atoms with van der Waals surface area (Å²) in [6.07, 6.45) is 2.54. The molecule has 0 aliphatic carbocycles. The number of halogens is 1. The molecule has 0 aliphatic heterocycles. The maximum Gasteiger partial charge on any atom is 0.216 e. The van der Waals surface area contributed by atoms with Crippen molar-refractivity contribution in [2.24, 2.45) is 5.10 Å². The minimum atomic E-state index is 0.509. The largest absolute Gasteiger partial charge is 0.250 e. The molecule has 0 radical (unpaired) electrons. The van der Waals surface area contributed by atoms with E-state index in [0.717, 1.165) is 22.3 Å². The van der Waals surface area contributed by atoms with Crippen molar-refractivity contribution in [1.29, 1.82) is 0 Å². The molecular formula is C11H11BrN4S. The van der Waals surface area contributed by atoms with Gasteiger partial charge in [0.05, 0.1) is 6.21 Å². The highest BCUT2D eigenvalue weighted by molar-refractivity contribution is 9.10. The van der Waals surface area contributed by atoms with Gasteiger partial charge in [0.2, 0.25) is 4.77 Å². The van der Waals surface area contributed by atoms with Crippen LogP contribution in [0.15, 0.2) is 33.8 Å². The van der Waals surface area contributed by atoms with Crippen molar-refractivity contribution in [3.8, 4) is 0 Å². The minimum Gasteiger partial charge on any atom is -0.250 e. The van der Waals surface area contributed by atoms with E-state index < -0.39 is 0 Å². The molecule has 2 rings (SSSR count). The number of hydrogen-bond donors (Lipinski definition) is 1. The summed E-state index contributed by atoms with van der Waals surface area (Å²) in [6, 6.07) is 7.89. The molecule has 0 aliphatic rings. The van der Waals surface area contributed by atoms with Crippen molar-refractivity contribution in [1.82, 2.24) is 14.9 Å².